The first-order chi connectivity index (χ1) is 5.82. The molecule has 0 spiro atoms. The maximum absolute atomic E-state index is 12.9. The summed E-state index contributed by atoms with van der Waals surface area (Å²) in [5.41, 5.74) is -0.658. The number of halogens is 4. The SMILES string of the molecule is Cc1cc(C)c([B-](F)(F)F)c(F)c1. The van der Waals surface area contributed by atoms with Gasteiger partial charge in [-0.1, -0.05) is 17.1 Å². The van der Waals surface area contributed by atoms with Crippen LogP contribution in [0.3, 0.4) is 0 Å². The van der Waals surface area contributed by atoms with Gasteiger partial charge in [-0.05, 0) is 25.5 Å². The Balaban J connectivity index is 3.38. The predicted molar refractivity (Wildman–Crippen MR) is 44.6 cm³/mol. The first-order valence-corrected chi connectivity index (χ1v) is 3.79. The van der Waals surface area contributed by atoms with E-state index in [0.29, 0.717) is 5.56 Å². The molecule has 0 nitrogen and oxygen atoms in total. The van der Waals surface area contributed by atoms with E-state index in [4.69, 9.17) is 0 Å². The Bertz CT molecular complexity index is 306. The summed E-state index contributed by atoms with van der Waals surface area (Å²) in [5.74, 6) is -1.18. The first-order valence-electron chi connectivity index (χ1n) is 3.79. The van der Waals surface area contributed by atoms with Crippen LogP contribution in [0.5, 0.6) is 0 Å². The molecule has 0 aliphatic carbocycles. The number of benzene rings is 1. The van der Waals surface area contributed by atoms with Gasteiger partial charge in [0.25, 0.3) is 0 Å². The average molecular weight is 191 g/mol. The Hall–Kier alpha value is -0.995. The fourth-order valence-electron chi connectivity index (χ4n) is 1.34. The molecule has 0 saturated carbocycles. The summed E-state index contributed by atoms with van der Waals surface area (Å²) in [6.45, 7) is -2.42. The molecule has 0 saturated heterocycles. The molecular weight excluding hydrogens is 183 g/mol. The molecule has 0 N–H and O–H groups in total. The van der Waals surface area contributed by atoms with Crippen LogP contribution >= 0.6 is 0 Å². The van der Waals surface area contributed by atoms with Crippen molar-refractivity contribution in [3.8, 4) is 0 Å². The highest BCUT2D eigenvalue weighted by atomic mass is 19.4. The second kappa shape index (κ2) is 3.05. The van der Waals surface area contributed by atoms with Gasteiger partial charge in [-0.25, -0.2) is 4.39 Å². The molecule has 0 fully saturated rings. The number of hydrogen-bond donors (Lipinski definition) is 0. The Kier molecular flexibility index (Phi) is 2.37. The van der Waals surface area contributed by atoms with Crippen LogP contribution in [0.4, 0.5) is 17.3 Å². The van der Waals surface area contributed by atoms with Gasteiger partial charge in [-0.3, -0.25) is 0 Å². The average Bonchev–Trinajstić information content (AvgIpc) is 1.78. The van der Waals surface area contributed by atoms with Gasteiger partial charge in [-0.15, -0.1) is 0 Å². The molecule has 0 aromatic heterocycles. The molecule has 0 unspecified atom stereocenters. The maximum atomic E-state index is 12.9. The van der Waals surface area contributed by atoms with Crippen LogP contribution in [-0.2, 0) is 0 Å². The lowest BCUT2D eigenvalue weighted by atomic mass is 9.76. The summed E-state index contributed by atoms with van der Waals surface area (Å²) >= 11 is 0. The maximum Gasteiger partial charge on any atom is 0.512 e. The topological polar surface area (TPSA) is 0 Å². The molecule has 0 aliphatic rings. The van der Waals surface area contributed by atoms with Crippen LogP contribution in [0.25, 0.3) is 0 Å². The van der Waals surface area contributed by atoms with Crippen LogP contribution in [0.2, 0.25) is 0 Å². The normalized spacial score (nSPS) is 11.8. The van der Waals surface area contributed by atoms with Crippen LogP contribution in [0, 0.1) is 19.7 Å². The molecule has 1 aromatic rings. The van der Waals surface area contributed by atoms with Crippen molar-refractivity contribution in [1.82, 2.24) is 0 Å². The predicted octanol–water partition coefficient (Wildman–Crippen LogP) is 2.50. The van der Waals surface area contributed by atoms with E-state index in [0.717, 1.165) is 6.07 Å². The molecule has 0 atom stereocenters. The lowest BCUT2D eigenvalue weighted by Gasteiger charge is -2.19. The molecule has 72 valence electrons. The minimum Gasteiger partial charge on any atom is -0.445 e. The quantitative estimate of drug-likeness (QED) is 0.472. The number of rotatable bonds is 1. The molecule has 0 radical (unpaired) electrons. The van der Waals surface area contributed by atoms with Gasteiger partial charge in [0.15, 0.2) is 0 Å². The zero-order valence-corrected chi connectivity index (χ0v) is 7.24. The molecule has 0 amide bonds. The third-order valence-corrected chi connectivity index (χ3v) is 1.81. The van der Waals surface area contributed by atoms with Gasteiger partial charge in [0, 0.05) is 0 Å². The van der Waals surface area contributed by atoms with Crippen LogP contribution in [0.1, 0.15) is 11.1 Å². The molecule has 1 rings (SSSR count). The molecule has 0 aliphatic heterocycles. The van der Waals surface area contributed by atoms with Crippen molar-refractivity contribution in [2.45, 2.75) is 13.8 Å². The van der Waals surface area contributed by atoms with Gasteiger partial charge in [0.2, 0.25) is 0 Å². The fourth-order valence-corrected chi connectivity index (χ4v) is 1.34. The Morgan fingerprint density at radius 3 is 2.00 bits per heavy atom. The van der Waals surface area contributed by atoms with Crippen molar-refractivity contribution in [3.05, 3.63) is 29.1 Å². The van der Waals surface area contributed by atoms with E-state index >= 15 is 0 Å². The van der Waals surface area contributed by atoms with Crippen molar-refractivity contribution in [2.75, 3.05) is 0 Å². The van der Waals surface area contributed by atoms with E-state index in [9.17, 15) is 17.3 Å². The van der Waals surface area contributed by atoms with Crippen molar-refractivity contribution in [2.24, 2.45) is 0 Å². The summed E-state index contributed by atoms with van der Waals surface area (Å²) in [7, 11) is 0. The largest absolute Gasteiger partial charge is 0.512 e. The zero-order valence-electron chi connectivity index (χ0n) is 7.24. The summed E-state index contributed by atoms with van der Waals surface area (Å²) in [5, 5.41) is 0. The highest BCUT2D eigenvalue weighted by molar-refractivity contribution is 6.74. The Morgan fingerprint density at radius 1 is 1.08 bits per heavy atom. The Morgan fingerprint density at radius 2 is 1.62 bits per heavy atom. The zero-order chi connectivity index (χ0) is 10.2. The lowest BCUT2D eigenvalue weighted by Crippen LogP contribution is -2.38. The number of hydrogen-bond acceptors (Lipinski definition) is 0. The first kappa shape index (κ1) is 10.1. The van der Waals surface area contributed by atoms with Gasteiger partial charge < -0.3 is 12.9 Å². The standard InChI is InChI=1S/C8H8BF4/c1-5-3-6(2)8(7(10)4-5)9(11,12)13/h3-4H,1-2H3/q-1. The highest BCUT2D eigenvalue weighted by Crippen LogP contribution is 2.15. The molecular formula is C8H8BF4-. The van der Waals surface area contributed by atoms with E-state index in [2.05, 4.69) is 0 Å². The minimum absolute atomic E-state index is 0.0509. The van der Waals surface area contributed by atoms with Crippen molar-refractivity contribution in [3.63, 3.8) is 0 Å². The lowest BCUT2D eigenvalue weighted by molar-refractivity contribution is 0.493. The third-order valence-electron chi connectivity index (χ3n) is 1.81. The summed E-state index contributed by atoms with van der Waals surface area (Å²) in [6.07, 6.45) is 0. The van der Waals surface area contributed by atoms with E-state index in [1.165, 1.54) is 13.0 Å². The van der Waals surface area contributed by atoms with Crippen molar-refractivity contribution >= 4 is 12.4 Å². The highest BCUT2D eigenvalue weighted by Gasteiger charge is 2.30. The van der Waals surface area contributed by atoms with E-state index in [-0.39, 0.29) is 5.56 Å². The summed E-state index contributed by atoms with van der Waals surface area (Å²) < 4.78 is 49.7. The third kappa shape index (κ3) is 2.02. The van der Waals surface area contributed by atoms with Crippen molar-refractivity contribution in [1.29, 1.82) is 0 Å². The Labute approximate surface area is 73.6 Å². The summed E-state index contributed by atoms with van der Waals surface area (Å²) in [4.78, 5) is 0. The van der Waals surface area contributed by atoms with Crippen molar-refractivity contribution < 1.29 is 17.3 Å². The van der Waals surface area contributed by atoms with Gasteiger partial charge in [-0.2, -0.15) is 0 Å². The van der Waals surface area contributed by atoms with E-state index in [1.807, 2.05) is 0 Å². The van der Waals surface area contributed by atoms with Crippen LogP contribution in [0.15, 0.2) is 12.1 Å². The minimum atomic E-state index is -5.24. The monoisotopic (exact) mass is 191 g/mol. The fraction of sp³-hybridized carbons (Fsp3) is 0.250. The molecule has 13 heavy (non-hydrogen) atoms. The van der Waals surface area contributed by atoms with Gasteiger partial charge in [0.1, 0.15) is 0 Å². The second-order valence-corrected chi connectivity index (χ2v) is 3.05. The molecule has 0 heterocycles. The van der Waals surface area contributed by atoms with Crippen LogP contribution in [-0.4, -0.2) is 6.98 Å². The van der Waals surface area contributed by atoms with Crippen LogP contribution < -0.4 is 5.46 Å². The second-order valence-electron chi connectivity index (χ2n) is 3.05. The van der Waals surface area contributed by atoms with E-state index in [1.54, 1.807) is 6.92 Å². The van der Waals surface area contributed by atoms with Gasteiger partial charge >= 0.3 is 6.98 Å². The molecule has 5 heteroatoms. The molecule has 1 aromatic carbocycles. The van der Waals surface area contributed by atoms with E-state index < -0.39 is 18.3 Å². The summed E-state index contributed by atoms with van der Waals surface area (Å²) in [6, 6.07) is 2.23. The molecule has 0 bridgehead atoms. The van der Waals surface area contributed by atoms with Gasteiger partial charge in [0.05, 0.1) is 5.82 Å². The smallest absolute Gasteiger partial charge is 0.445 e. The number of aryl methyl sites for hydroxylation is 2.